The van der Waals surface area contributed by atoms with Gasteiger partial charge < -0.3 is 11.1 Å². The van der Waals surface area contributed by atoms with Gasteiger partial charge in [-0.2, -0.15) is 17.5 Å². The number of nitrogens with zero attached hydrogens (tertiary/aromatic N) is 1. The van der Waals surface area contributed by atoms with Crippen LogP contribution in [0.1, 0.15) is 0 Å². The molecule has 18 heavy (non-hydrogen) atoms. The number of halogens is 3. The minimum atomic E-state index is -4.27. The first-order valence-electron chi connectivity index (χ1n) is 5.08. The minimum absolute atomic E-state index is 0.232. The number of rotatable bonds is 3. The van der Waals surface area contributed by atoms with Gasteiger partial charge in [0.1, 0.15) is 17.4 Å². The minimum Gasteiger partial charge on any atom is -0.382 e. The maximum atomic E-state index is 12.2. The molecule has 0 amide bonds. The van der Waals surface area contributed by atoms with Crippen molar-refractivity contribution in [2.45, 2.75) is 6.18 Å². The number of alkyl halides is 3. The summed E-state index contributed by atoms with van der Waals surface area (Å²) in [5, 5.41) is 2.65. The Labute approximate surface area is 106 Å². The first-order chi connectivity index (χ1) is 8.47. The molecule has 0 aliphatic rings. The highest BCUT2D eigenvalue weighted by molar-refractivity contribution is 7.11. The summed E-state index contributed by atoms with van der Waals surface area (Å²) in [5.41, 5.74) is 6.95. The SMILES string of the molecule is Nc1nsc(NCC(F)(F)F)c1-c1ccccc1. The molecule has 96 valence electrons. The van der Waals surface area contributed by atoms with Crippen LogP contribution < -0.4 is 11.1 Å². The fraction of sp³-hybridized carbons (Fsp3) is 0.182. The molecule has 0 saturated carbocycles. The molecule has 2 aromatic rings. The molecule has 0 unspecified atom stereocenters. The van der Waals surface area contributed by atoms with Gasteiger partial charge in [-0.1, -0.05) is 30.3 Å². The molecule has 1 heterocycles. The van der Waals surface area contributed by atoms with Crippen LogP contribution >= 0.6 is 11.5 Å². The molecule has 3 N–H and O–H groups in total. The van der Waals surface area contributed by atoms with Gasteiger partial charge in [-0.25, -0.2) is 0 Å². The highest BCUT2D eigenvalue weighted by atomic mass is 32.1. The van der Waals surface area contributed by atoms with Crippen molar-refractivity contribution in [3.63, 3.8) is 0 Å². The molecule has 0 aliphatic carbocycles. The zero-order valence-corrected chi connectivity index (χ0v) is 9.98. The van der Waals surface area contributed by atoms with Gasteiger partial charge >= 0.3 is 6.18 Å². The van der Waals surface area contributed by atoms with Gasteiger partial charge in [0.05, 0.1) is 5.56 Å². The van der Waals surface area contributed by atoms with Gasteiger partial charge in [0, 0.05) is 0 Å². The van der Waals surface area contributed by atoms with Crippen LogP contribution in [0.5, 0.6) is 0 Å². The first-order valence-corrected chi connectivity index (χ1v) is 5.86. The first kappa shape index (κ1) is 12.7. The van der Waals surface area contributed by atoms with E-state index in [9.17, 15) is 13.2 Å². The van der Waals surface area contributed by atoms with Gasteiger partial charge in [-0.05, 0) is 17.1 Å². The molecule has 0 aliphatic heterocycles. The van der Waals surface area contributed by atoms with Crippen molar-refractivity contribution >= 4 is 22.4 Å². The van der Waals surface area contributed by atoms with E-state index in [1.165, 1.54) is 0 Å². The maximum Gasteiger partial charge on any atom is 0.405 e. The lowest BCUT2D eigenvalue weighted by Gasteiger charge is -2.09. The highest BCUT2D eigenvalue weighted by Crippen LogP contribution is 2.37. The monoisotopic (exact) mass is 273 g/mol. The smallest absolute Gasteiger partial charge is 0.382 e. The summed E-state index contributed by atoms with van der Waals surface area (Å²) in [7, 11) is 0. The molecule has 1 aromatic heterocycles. The largest absolute Gasteiger partial charge is 0.405 e. The fourth-order valence-corrected chi connectivity index (χ4v) is 2.22. The molecule has 0 saturated heterocycles. The quantitative estimate of drug-likeness (QED) is 0.901. The van der Waals surface area contributed by atoms with Crippen molar-refractivity contribution in [3.8, 4) is 11.1 Å². The predicted octanol–water partition coefficient (Wildman–Crippen LogP) is 3.37. The second kappa shape index (κ2) is 4.85. The molecular weight excluding hydrogens is 263 g/mol. The summed E-state index contributed by atoms with van der Waals surface area (Å²) >= 11 is 0.926. The van der Waals surface area contributed by atoms with Crippen molar-refractivity contribution in [2.75, 3.05) is 17.6 Å². The lowest BCUT2D eigenvalue weighted by molar-refractivity contribution is -0.115. The molecule has 0 bridgehead atoms. The Hall–Kier alpha value is -1.76. The molecule has 0 radical (unpaired) electrons. The van der Waals surface area contributed by atoms with E-state index in [1.807, 2.05) is 6.07 Å². The second-order valence-corrected chi connectivity index (χ2v) is 4.38. The van der Waals surface area contributed by atoms with Crippen LogP contribution in [0.3, 0.4) is 0 Å². The molecule has 0 fully saturated rings. The Morgan fingerprint density at radius 1 is 1.22 bits per heavy atom. The highest BCUT2D eigenvalue weighted by Gasteiger charge is 2.27. The molecule has 3 nitrogen and oxygen atoms in total. The summed E-state index contributed by atoms with van der Waals surface area (Å²) < 4.78 is 40.4. The number of nitrogens with one attached hydrogen (secondary N) is 1. The Kier molecular flexibility index (Phi) is 3.42. The van der Waals surface area contributed by atoms with Crippen LogP contribution in [0.2, 0.25) is 0 Å². The maximum absolute atomic E-state index is 12.2. The van der Waals surface area contributed by atoms with Crippen molar-refractivity contribution in [2.24, 2.45) is 0 Å². The van der Waals surface area contributed by atoms with E-state index in [0.717, 1.165) is 17.1 Å². The Morgan fingerprint density at radius 3 is 2.50 bits per heavy atom. The predicted molar refractivity (Wildman–Crippen MR) is 66.5 cm³/mol. The molecule has 0 spiro atoms. The topological polar surface area (TPSA) is 50.9 Å². The van der Waals surface area contributed by atoms with Crippen LogP contribution in [0.15, 0.2) is 30.3 Å². The zero-order valence-electron chi connectivity index (χ0n) is 9.16. The summed E-state index contributed by atoms with van der Waals surface area (Å²) in [4.78, 5) is 0. The number of aromatic nitrogens is 1. The van der Waals surface area contributed by atoms with E-state index in [-0.39, 0.29) is 5.82 Å². The van der Waals surface area contributed by atoms with E-state index in [4.69, 9.17) is 5.73 Å². The number of nitrogens with two attached hydrogens (primary N) is 1. The molecule has 1 aromatic carbocycles. The normalized spacial score (nSPS) is 11.5. The van der Waals surface area contributed by atoms with Crippen molar-refractivity contribution in [3.05, 3.63) is 30.3 Å². The van der Waals surface area contributed by atoms with Crippen molar-refractivity contribution in [1.82, 2.24) is 4.37 Å². The number of nitrogen functional groups attached to an aromatic ring is 1. The van der Waals surface area contributed by atoms with E-state index in [1.54, 1.807) is 24.3 Å². The lowest BCUT2D eigenvalue weighted by Crippen LogP contribution is -2.21. The zero-order chi connectivity index (χ0) is 13.2. The van der Waals surface area contributed by atoms with Gasteiger partial charge in [-0.15, -0.1) is 0 Å². The van der Waals surface area contributed by atoms with Gasteiger partial charge in [-0.3, -0.25) is 0 Å². The van der Waals surface area contributed by atoms with Crippen LogP contribution in [-0.2, 0) is 0 Å². The molecular formula is C11H10F3N3S. The third kappa shape index (κ3) is 2.92. The van der Waals surface area contributed by atoms with Crippen LogP contribution in [0.4, 0.5) is 24.0 Å². The van der Waals surface area contributed by atoms with Crippen molar-refractivity contribution in [1.29, 1.82) is 0 Å². The van der Waals surface area contributed by atoms with E-state index in [2.05, 4.69) is 9.69 Å². The number of hydrogen-bond donors (Lipinski definition) is 2. The fourth-order valence-electron chi connectivity index (χ4n) is 1.49. The van der Waals surface area contributed by atoms with Gasteiger partial charge in [0.2, 0.25) is 0 Å². The van der Waals surface area contributed by atoms with Crippen LogP contribution in [-0.4, -0.2) is 17.1 Å². The van der Waals surface area contributed by atoms with E-state index < -0.39 is 12.7 Å². The average Bonchev–Trinajstić information content (AvgIpc) is 2.68. The molecule has 0 atom stereocenters. The van der Waals surface area contributed by atoms with Crippen LogP contribution in [0.25, 0.3) is 11.1 Å². The third-order valence-corrected chi connectivity index (χ3v) is 3.05. The average molecular weight is 273 g/mol. The number of anilines is 2. The summed E-state index contributed by atoms with van der Waals surface area (Å²) in [6.07, 6.45) is -4.27. The van der Waals surface area contributed by atoms with Gasteiger partial charge in [0.25, 0.3) is 0 Å². The summed E-state index contributed by atoms with van der Waals surface area (Å²) in [6, 6.07) is 8.96. The molecule has 2 rings (SSSR count). The second-order valence-electron chi connectivity index (χ2n) is 3.61. The van der Waals surface area contributed by atoms with E-state index in [0.29, 0.717) is 10.6 Å². The summed E-state index contributed by atoms with van der Waals surface area (Å²) in [6.45, 7) is -1.10. The van der Waals surface area contributed by atoms with Gasteiger partial charge in [0.15, 0.2) is 0 Å². The Morgan fingerprint density at radius 2 is 1.89 bits per heavy atom. The molecule has 7 heteroatoms. The Bertz CT molecular complexity index is 522. The Balaban J connectivity index is 2.28. The third-order valence-electron chi connectivity index (χ3n) is 2.23. The van der Waals surface area contributed by atoms with E-state index >= 15 is 0 Å². The number of benzene rings is 1. The standard InChI is InChI=1S/C11H10F3N3S/c12-11(13,14)6-16-10-8(9(15)17-18-10)7-4-2-1-3-5-7/h1-5,16H,6H2,(H2,15,17). The van der Waals surface area contributed by atoms with Crippen molar-refractivity contribution < 1.29 is 13.2 Å². The lowest BCUT2D eigenvalue weighted by atomic mass is 10.1. The summed E-state index contributed by atoms with van der Waals surface area (Å²) in [5.74, 6) is 0.232. The van der Waals surface area contributed by atoms with Crippen LogP contribution in [0, 0.1) is 0 Å². The number of hydrogen-bond acceptors (Lipinski definition) is 4.